The molecule has 0 aliphatic carbocycles. The fourth-order valence-corrected chi connectivity index (χ4v) is 2.99. The minimum absolute atomic E-state index is 0.247. The number of benzene rings is 1. The molecule has 1 aromatic carbocycles. The van der Waals surface area contributed by atoms with Crippen LogP contribution in [0.25, 0.3) is 0 Å². The third-order valence-corrected chi connectivity index (χ3v) is 3.94. The van der Waals surface area contributed by atoms with Crippen LogP contribution in [0, 0.1) is 5.82 Å². The molecule has 1 aliphatic rings. The van der Waals surface area contributed by atoms with E-state index in [4.69, 9.17) is 4.74 Å². The summed E-state index contributed by atoms with van der Waals surface area (Å²) in [6.07, 6.45) is 1.18. The van der Waals surface area contributed by atoms with Gasteiger partial charge in [0.2, 0.25) is 0 Å². The van der Waals surface area contributed by atoms with Crippen LogP contribution in [0.3, 0.4) is 0 Å². The van der Waals surface area contributed by atoms with E-state index in [1.807, 2.05) is 17.8 Å². The maximum Gasteiger partial charge on any atom is 0.169 e. The smallest absolute Gasteiger partial charge is 0.169 e. The van der Waals surface area contributed by atoms with Crippen molar-refractivity contribution < 1.29 is 9.13 Å². The molecule has 0 spiro atoms. The van der Waals surface area contributed by atoms with Crippen LogP contribution in [-0.2, 0) is 6.54 Å². The van der Waals surface area contributed by atoms with E-state index < -0.39 is 0 Å². The van der Waals surface area contributed by atoms with Crippen molar-refractivity contribution in [2.45, 2.75) is 19.0 Å². The molecule has 4 heteroatoms. The first-order chi connectivity index (χ1) is 7.81. The Hall–Kier alpha value is -0.740. The Balaban J connectivity index is 1.97. The van der Waals surface area contributed by atoms with E-state index in [2.05, 4.69) is 5.32 Å². The average molecular weight is 241 g/mol. The molecule has 1 fully saturated rings. The molecule has 16 heavy (non-hydrogen) atoms. The van der Waals surface area contributed by atoms with Crippen LogP contribution in [0.4, 0.5) is 4.39 Å². The third kappa shape index (κ3) is 2.68. The summed E-state index contributed by atoms with van der Waals surface area (Å²) in [5.41, 5.74) is 0.677. The highest BCUT2D eigenvalue weighted by Gasteiger charge is 2.15. The van der Waals surface area contributed by atoms with E-state index in [1.165, 1.54) is 19.3 Å². The number of nitrogens with one attached hydrogen (secondary N) is 1. The van der Waals surface area contributed by atoms with Gasteiger partial charge in [-0.05, 0) is 18.2 Å². The van der Waals surface area contributed by atoms with Crippen molar-refractivity contribution >= 4 is 11.8 Å². The number of halogens is 1. The SMILES string of the molecule is COc1cccc(CNC2CCSC2)c1F. The Labute approximate surface area is 99.6 Å². The number of methoxy groups -OCH3 is 1. The summed E-state index contributed by atoms with van der Waals surface area (Å²) in [7, 11) is 1.49. The summed E-state index contributed by atoms with van der Waals surface area (Å²) in [5, 5.41) is 3.37. The average Bonchev–Trinajstić information content (AvgIpc) is 2.81. The Bertz CT molecular complexity index is 353. The van der Waals surface area contributed by atoms with Crippen molar-refractivity contribution in [3.63, 3.8) is 0 Å². The Morgan fingerprint density at radius 3 is 3.12 bits per heavy atom. The second-order valence-electron chi connectivity index (χ2n) is 3.87. The van der Waals surface area contributed by atoms with E-state index in [0.717, 1.165) is 5.75 Å². The molecule has 1 unspecified atom stereocenters. The lowest BCUT2D eigenvalue weighted by Gasteiger charge is -2.12. The molecule has 1 aliphatic heterocycles. The van der Waals surface area contributed by atoms with Crippen LogP contribution < -0.4 is 10.1 Å². The van der Waals surface area contributed by atoms with Crippen molar-refractivity contribution in [1.29, 1.82) is 0 Å². The molecule has 1 heterocycles. The second-order valence-corrected chi connectivity index (χ2v) is 5.02. The zero-order chi connectivity index (χ0) is 11.4. The Kier molecular flexibility index (Phi) is 4.07. The lowest BCUT2D eigenvalue weighted by molar-refractivity contribution is 0.382. The van der Waals surface area contributed by atoms with Gasteiger partial charge in [0.1, 0.15) is 0 Å². The van der Waals surface area contributed by atoms with Gasteiger partial charge in [-0.1, -0.05) is 12.1 Å². The van der Waals surface area contributed by atoms with Gasteiger partial charge >= 0.3 is 0 Å². The van der Waals surface area contributed by atoms with Crippen molar-refractivity contribution in [2.24, 2.45) is 0 Å². The van der Waals surface area contributed by atoms with Gasteiger partial charge in [0.15, 0.2) is 11.6 Å². The Morgan fingerprint density at radius 1 is 1.56 bits per heavy atom. The van der Waals surface area contributed by atoms with Crippen molar-refractivity contribution in [2.75, 3.05) is 18.6 Å². The second kappa shape index (κ2) is 5.55. The first-order valence-electron chi connectivity index (χ1n) is 5.44. The van der Waals surface area contributed by atoms with Crippen molar-refractivity contribution in [3.05, 3.63) is 29.6 Å². The molecule has 0 bridgehead atoms. The molecule has 0 amide bonds. The molecule has 1 N–H and O–H groups in total. The quantitative estimate of drug-likeness (QED) is 0.874. The lowest BCUT2D eigenvalue weighted by atomic mass is 10.1. The highest BCUT2D eigenvalue weighted by atomic mass is 32.2. The van der Waals surface area contributed by atoms with E-state index in [-0.39, 0.29) is 5.82 Å². The molecule has 0 radical (unpaired) electrons. The fourth-order valence-electron chi connectivity index (χ4n) is 1.80. The van der Waals surface area contributed by atoms with Crippen LogP contribution in [0.15, 0.2) is 18.2 Å². The summed E-state index contributed by atoms with van der Waals surface area (Å²) in [6, 6.07) is 5.79. The standard InChI is InChI=1S/C12H16FNOS/c1-15-11-4-2-3-9(12(11)13)7-14-10-5-6-16-8-10/h2-4,10,14H,5-8H2,1H3. The fraction of sp³-hybridized carbons (Fsp3) is 0.500. The van der Waals surface area contributed by atoms with Crippen LogP contribution in [0.5, 0.6) is 5.75 Å². The number of hydrogen-bond donors (Lipinski definition) is 1. The minimum atomic E-state index is -0.247. The Morgan fingerprint density at radius 2 is 2.44 bits per heavy atom. The van der Waals surface area contributed by atoms with E-state index >= 15 is 0 Å². The summed E-state index contributed by atoms with van der Waals surface area (Å²) >= 11 is 1.95. The highest BCUT2D eigenvalue weighted by Crippen LogP contribution is 2.21. The summed E-state index contributed by atoms with van der Waals surface area (Å²) in [4.78, 5) is 0. The molecule has 0 aromatic heterocycles. The van der Waals surface area contributed by atoms with Crippen LogP contribution >= 0.6 is 11.8 Å². The molecule has 1 aromatic rings. The number of ether oxygens (including phenoxy) is 1. The van der Waals surface area contributed by atoms with Crippen molar-refractivity contribution in [1.82, 2.24) is 5.32 Å². The molecular formula is C12H16FNOS. The molecule has 0 saturated carbocycles. The number of rotatable bonds is 4. The van der Waals surface area contributed by atoms with Gasteiger partial charge in [-0.3, -0.25) is 0 Å². The number of thioether (sulfide) groups is 1. The zero-order valence-corrected chi connectivity index (χ0v) is 10.1. The number of hydrogen-bond acceptors (Lipinski definition) is 3. The molecule has 2 nitrogen and oxygen atoms in total. The van der Waals surface area contributed by atoms with Gasteiger partial charge in [0.05, 0.1) is 7.11 Å². The normalized spacial score (nSPS) is 20.0. The largest absolute Gasteiger partial charge is 0.494 e. The minimum Gasteiger partial charge on any atom is -0.494 e. The van der Waals surface area contributed by atoms with Gasteiger partial charge in [0.25, 0.3) is 0 Å². The predicted octanol–water partition coefficient (Wildman–Crippen LogP) is 2.43. The first kappa shape index (κ1) is 11.7. The van der Waals surface area contributed by atoms with Crippen molar-refractivity contribution in [3.8, 4) is 5.75 Å². The van der Waals surface area contributed by atoms with E-state index in [1.54, 1.807) is 12.1 Å². The predicted molar refractivity (Wildman–Crippen MR) is 65.5 cm³/mol. The van der Waals surface area contributed by atoms with Gasteiger partial charge in [-0.15, -0.1) is 0 Å². The van der Waals surface area contributed by atoms with Crippen LogP contribution in [0.1, 0.15) is 12.0 Å². The zero-order valence-electron chi connectivity index (χ0n) is 9.33. The first-order valence-corrected chi connectivity index (χ1v) is 6.59. The molecule has 2 rings (SSSR count). The summed E-state index contributed by atoms with van der Waals surface area (Å²) < 4.78 is 18.7. The van der Waals surface area contributed by atoms with Gasteiger partial charge in [-0.2, -0.15) is 11.8 Å². The highest BCUT2D eigenvalue weighted by molar-refractivity contribution is 7.99. The molecule has 88 valence electrons. The monoisotopic (exact) mass is 241 g/mol. The van der Waals surface area contributed by atoms with E-state index in [0.29, 0.717) is 23.9 Å². The topological polar surface area (TPSA) is 21.3 Å². The maximum absolute atomic E-state index is 13.8. The molecule has 1 atom stereocenters. The van der Waals surface area contributed by atoms with E-state index in [9.17, 15) is 4.39 Å². The molecule has 1 saturated heterocycles. The van der Waals surface area contributed by atoms with Gasteiger partial charge in [-0.25, -0.2) is 4.39 Å². The summed E-state index contributed by atoms with van der Waals surface area (Å²) in [6.45, 7) is 0.578. The maximum atomic E-state index is 13.8. The van der Waals surface area contributed by atoms with Gasteiger partial charge in [0, 0.05) is 23.9 Å². The third-order valence-electron chi connectivity index (χ3n) is 2.77. The van der Waals surface area contributed by atoms with Crippen LogP contribution in [0.2, 0.25) is 0 Å². The van der Waals surface area contributed by atoms with Crippen LogP contribution in [-0.4, -0.2) is 24.7 Å². The van der Waals surface area contributed by atoms with Gasteiger partial charge < -0.3 is 10.1 Å². The summed E-state index contributed by atoms with van der Waals surface area (Å²) in [5.74, 6) is 2.41. The lowest BCUT2D eigenvalue weighted by Crippen LogP contribution is -2.28. The molecular weight excluding hydrogens is 225 g/mol.